The molecule has 11 heavy (non-hydrogen) atoms. The van der Waals surface area contributed by atoms with Crippen molar-refractivity contribution in [1.29, 1.82) is 0 Å². The predicted molar refractivity (Wildman–Crippen MR) is 43.3 cm³/mol. The Bertz CT molecular complexity index is 121. The Hall–Kier alpha value is -0.120. The molecule has 3 N–H and O–H groups in total. The average molecular weight is 159 g/mol. The van der Waals surface area contributed by atoms with Crippen LogP contribution in [0.2, 0.25) is 0 Å². The zero-order chi connectivity index (χ0) is 8.32. The third kappa shape index (κ3) is 1.92. The average Bonchev–Trinajstić information content (AvgIpc) is 2.38. The van der Waals surface area contributed by atoms with Crippen LogP contribution in [0.1, 0.15) is 26.2 Å². The fourth-order valence-corrected chi connectivity index (χ4v) is 1.44. The van der Waals surface area contributed by atoms with Gasteiger partial charge in [0.1, 0.15) is 5.60 Å². The van der Waals surface area contributed by atoms with Gasteiger partial charge in [0.05, 0.1) is 6.61 Å². The Kier molecular flexibility index (Phi) is 2.87. The summed E-state index contributed by atoms with van der Waals surface area (Å²) in [6, 6.07) is -0.116. The first-order valence-corrected chi connectivity index (χ1v) is 4.25. The summed E-state index contributed by atoms with van der Waals surface area (Å²) in [6.45, 7) is 3.13. The Labute approximate surface area is 67.5 Å². The molecule has 0 aromatic rings. The van der Waals surface area contributed by atoms with Gasteiger partial charge in [-0.15, -0.1) is 0 Å². The van der Waals surface area contributed by atoms with Gasteiger partial charge in [-0.2, -0.15) is 0 Å². The first-order chi connectivity index (χ1) is 5.19. The minimum atomic E-state index is -0.740. The van der Waals surface area contributed by atoms with Crippen LogP contribution in [0.15, 0.2) is 0 Å². The molecule has 1 fully saturated rings. The van der Waals surface area contributed by atoms with Crippen LogP contribution in [0.5, 0.6) is 0 Å². The van der Waals surface area contributed by atoms with Crippen LogP contribution >= 0.6 is 0 Å². The molecule has 0 bridgehead atoms. The highest BCUT2D eigenvalue weighted by Gasteiger charge is 2.37. The number of rotatable bonds is 3. The van der Waals surface area contributed by atoms with Crippen molar-refractivity contribution in [2.24, 2.45) is 5.73 Å². The predicted octanol–water partition coefficient (Wildman–Crippen LogP) is 0.265. The van der Waals surface area contributed by atoms with E-state index in [0.717, 1.165) is 12.8 Å². The molecule has 1 aliphatic rings. The van der Waals surface area contributed by atoms with E-state index in [-0.39, 0.29) is 6.04 Å². The highest BCUT2D eigenvalue weighted by Crippen LogP contribution is 2.23. The maximum Gasteiger partial charge on any atom is 0.105 e. The molecule has 0 radical (unpaired) electrons. The standard InChI is InChI=1S/C8H17NO2/c1-2-3-7(9)8(10)4-5-11-6-8/h7,10H,2-6,9H2,1H3. The van der Waals surface area contributed by atoms with Gasteiger partial charge in [-0.1, -0.05) is 13.3 Å². The summed E-state index contributed by atoms with van der Waals surface area (Å²) in [6.07, 6.45) is 2.58. The minimum absolute atomic E-state index is 0.116. The second kappa shape index (κ2) is 3.52. The number of aliphatic hydroxyl groups is 1. The van der Waals surface area contributed by atoms with Gasteiger partial charge in [-0.3, -0.25) is 0 Å². The summed E-state index contributed by atoms with van der Waals surface area (Å²) < 4.78 is 5.10. The molecule has 0 amide bonds. The normalized spacial score (nSPS) is 34.1. The Morgan fingerprint density at radius 1 is 1.73 bits per heavy atom. The van der Waals surface area contributed by atoms with Gasteiger partial charge in [0.2, 0.25) is 0 Å². The Balaban J connectivity index is 2.42. The van der Waals surface area contributed by atoms with Crippen molar-refractivity contribution in [2.45, 2.75) is 37.8 Å². The van der Waals surface area contributed by atoms with E-state index in [4.69, 9.17) is 10.5 Å². The van der Waals surface area contributed by atoms with Crippen LogP contribution in [0.3, 0.4) is 0 Å². The smallest absolute Gasteiger partial charge is 0.105 e. The molecule has 0 aliphatic carbocycles. The SMILES string of the molecule is CCCC(N)C1(O)CCOC1. The highest BCUT2D eigenvalue weighted by atomic mass is 16.5. The summed E-state index contributed by atoms with van der Waals surface area (Å²) in [4.78, 5) is 0. The molecule has 0 spiro atoms. The van der Waals surface area contributed by atoms with Gasteiger partial charge >= 0.3 is 0 Å². The summed E-state index contributed by atoms with van der Waals surface area (Å²) in [7, 11) is 0. The first-order valence-electron chi connectivity index (χ1n) is 4.25. The Morgan fingerprint density at radius 3 is 2.91 bits per heavy atom. The van der Waals surface area contributed by atoms with Crippen LogP contribution in [-0.2, 0) is 4.74 Å². The highest BCUT2D eigenvalue weighted by molar-refractivity contribution is 4.92. The Morgan fingerprint density at radius 2 is 2.45 bits per heavy atom. The minimum Gasteiger partial charge on any atom is -0.386 e. The molecule has 2 atom stereocenters. The molecule has 1 heterocycles. The van der Waals surface area contributed by atoms with Crippen molar-refractivity contribution >= 4 is 0 Å². The van der Waals surface area contributed by atoms with Crippen LogP contribution in [0.4, 0.5) is 0 Å². The van der Waals surface area contributed by atoms with Crippen molar-refractivity contribution in [3.8, 4) is 0 Å². The van der Waals surface area contributed by atoms with Gasteiger partial charge in [0.15, 0.2) is 0 Å². The molecule has 0 saturated carbocycles. The molecular weight excluding hydrogens is 142 g/mol. The van der Waals surface area contributed by atoms with E-state index in [2.05, 4.69) is 6.92 Å². The van der Waals surface area contributed by atoms with Gasteiger partial charge in [-0.25, -0.2) is 0 Å². The molecule has 3 heteroatoms. The van der Waals surface area contributed by atoms with Gasteiger partial charge in [0.25, 0.3) is 0 Å². The molecule has 2 unspecified atom stereocenters. The van der Waals surface area contributed by atoms with Crippen LogP contribution in [-0.4, -0.2) is 30.0 Å². The summed E-state index contributed by atoms with van der Waals surface area (Å²) in [5, 5.41) is 9.84. The van der Waals surface area contributed by atoms with Crippen LogP contribution in [0.25, 0.3) is 0 Å². The molecule has 1 aliphatic heterocycles. The molecule has 0 aromatic heterocycles. The van der Waals surface area contributed by atoms with Gasteiger partial charge in [-0.05, 0) is 6.42 Å². The van der Waals surface area contributed by atoms with Gasteiger partial charge in [0, 0.05) is 19.1 Å². The lowest BCUT2D eigenvalue weighted by atomic mass is 9.91. The van der Waals surface area contributed by atoms with E-state index in [9.17, 15) is 5.11 Å². The number of hydrogen-bond acceptors (Lipinski definition) is 3. The van der Waals surface area contributed by atoms with Gasteiger partial charge < -0.3 is 15.6 Å². The molecule has 1 rings (SSSR count). The first kappa shape index (κ1) is 8.97. The second-order valence-electron chi connectivity index (χ2n) is 3.30. The van der Waals surface area contributed by atoms with Crippen molar-refractivity contribution in [3.63, 3.8) is 0 Å². The number of ether oxygens (including phenoxy) is 1. The zero-order valence-electron chi connectivity index (χ0n) is 7.05. The molecule has 66 valence electrons. The lowest BCUT2D eigenvalue weighted by Crippen LogP contribution is -2.48. The maximum atomic E-state index is 9.84. The number of hydrogen-bond donors (Lipinski definition) is 2. The van der Waals surface area contributed by atoms with E-state index in [1.165, 1.54) is 0 Å². The fourth-order valence-electron chi connectivity index (χ4n) is 1.44. The van der Waals surface area contributed by atoms with E-state index in [0.29, 0.717) is 19.6 Å². The maximum absolute atomic E-state index is 9.84. The summed E-state index contributed by atoms with van der Waals surface area (Å²) >= 11 is 0. The second-order valence-corrected chi connectivity index (χ2v) is 3.30. The van der Waals surface area contributed by atoms with Crippen LogP contribution < -0.4 is 5.73 Å². The third-order valence-electron chi connectivity index (χ3n) is 2.32. The molecule has 3 nitrogen and oxygen atoms in total. The van der Waals surface area contributed by atoms with E-state index >= 15 is 0 Å². The summed E-state index contributed by atoms with van der Waals surface area (Å²) in [5.74, 6) is 0. The zero-order valence-corrected chi connectivity index (χ0v) is 7.05. The lowest BCUT2D eigenvalue weighted by molar-refractivity contribution is 0.00186. The van der Waals surface area contributed by atoms with Crippen LogP contribution in [0, 0.1) is 0 Å². The van der Waals surface area contributed by atoms with Crippen molar-refractivity contribution in [2.75, 3.05) is 13.2 Å². The van der Waals surface area contributed by atoms with E-state index in [1.807, 2.05) is 0 Å². The fraction of sp³-hybridized carbons (Fsp3) is 1.00. The van der Waals surface area contributed by atoms with E-state index < -0.39 is 5.60 Å². The van der Waals surface area contributed by atoms with E-state index in [1.54, 1.807) is 0 Å². The quantitative estimate of drug-likeness (QED) is 0.621. The summed E-state index contributed by atoms with van der Waals surface area (Å²) in [5.41, 5.74) is 5.05. The van der Waals surface area contributed by atoms with Crippen molar-refractivity contribution in [1.82, 2.24) is 0 Å². The topological polar surface area (TPSA) is 55.5 Å². The number of nitrogens with two attached hydrogens (primary N) is 1. The lowest BCUT2D eigenvalue weighted by Gasteiger charge is -2.27. The molecule has 0 aromatic carbocycles. The monoisotopic (exact) mass is 159 g/mol. The largest absolute Gasteiger partial charge is 0.386 e. The molecule has 1 saturated heterocycles. The van der Waals surface area contributed by atoms with Crippen molar-refractivity contribution < 1.29 is 9.84 Å². The molecular formula is C8H17NO2. The van der Waals surface area contributed by atoms with Crippen molar-refractivity contribution in [3.05, 3.63) is 0 Å². The third-order valence-corrected chi connectivity index (χ3v) is 2.32.